The van der Waals surface area contributed by atoms with Gasteiger partial charge < -0.3 is 0 Å². The molecule has 0 saturated heterocycles. The van der Waals surface area contributed by atoms with E-state index in [1.54, 1.807) is 33.4 Å². The molecule has 51 heavy (non-hydrogen) atoms. The summed E-state index contributed by atoms with van der Waals surface area (Å²) in [6.07, 6.45) is 9.93. The maximum atomic E-state index is 2.75. The molecule has 0 N–H and O–H groups in total. The number of fused-ring (bicyclic) bond motifs is 6. The monoisotopic (exact) mass is 682 g/mol. The van der Waals surface area contributed by atoms with Crippen molar-refractivity contribution in [2.45, 2.75) is 114 Å². The van der Waals surface area contributed by atoms with Gasteiger partial charge in [0, 0.05) is 11.1 Å². The first-order valence-corrected chi connectivity index (χ1v) is 21.7. The molecule has 0 fully saturated rings. The van der Waals surface area contributed by atoms with Crippen LogP contribution in [0.1, 0.15) is 137 Å². The zero-order valence-corrected chi connectivity index (χ0v) is 33.0. The Balaban J connectivity index is 1.46. The molecule has 258 valence electrons. The number of allylic oxidation sites excluding steroid dienone is 1. The molecule has 0 amide bonds. The maximum Gasteiger partial charge on any atom is 0.140 e. The Morgan fingerprint density at radius 2 is 0.843 bits per heavy atom. The van der Waals surface area contributed by atoms with Crippen molar-refractivity contribution in [1.82, 2.24) is 0 Å². The van der Waals surface area contributed by atoms with Crippen LogP contribution in [0.2, 0.25) is 0 Å². The minimum Gasteiger partial charge on any atom is -0.0784 e. The number of benzene rings is 5. The van der Waals surface area contributed by atoms with E-state index in [1.807, 2.05) is 0 Å². The molecule has 0 saturated carbocycles. The van der Waals surface area contributed by atoms with Crippen molar-refractivity contribution in [1.29, 1.82) is 0 Å². The van der Waals surface area contributed by atoms with Crippen LogP contribution in [0, 0.1) is 0 Å². The summed E-state index contributed by atoms with van der Waals surface area (Å²) in [5, 5.41) is 3.06. The highest BCUT2D eigenvalue weighted by molar-refractivity contribution is 7.05. The molecule has 0 spiro atoms. The summed E-state index contributed by atoms with van der Waals surface area (Å²) in [7, 11) is -2.78. The van der Waals surface area contributed by atoms with Gasteiger partial charge in [0.05, 0.1) is 0 Å². The fourth-order valence-electron chi connectivity index (χ4n) is 11.0. The van der Waals surface area contributed by atoms with Gasteiger partial charge in [-0.05, 0) is 103 Å². The van der Waals surface area contributed by atoms with E-state index in [1.165, 1.54) is 58.3 Å². The summed E-state index contributed by atoms with van der Waals surface area (Å²) in [4.78, 5) is 0. The third-order valence-electron chi connectivity index (χ3n) is 14.2. The summed E-state index contributed by atoms with van der Waals surface area (Å²) in [6, 6.07) is 43.8. The van der Waals surface area contributed by atoms with Crippen molar-refractivity contribution in [2.75, 3.05) is 0 Å². The number of rotatable bonds is 4. The van der Waals surface area contributed by atoms with E-state index in [0.717, 1.165) is 0 Å². The molecule has 5 aromatic carbocycles. The van der Waals surface area contributed by atoms with Crippen LogP contribution < -0.4 is 10.4 Å². The summed E-state index contributed by atoms with van der Waals surface area (Å²) in [6.45, 7) is 20.0. The zero-order valence-electron chi connectivity index (χ0n) is 32.0. The average Bonchev–Trinajstić information content (AvgIpc) is 3.69. The van der Waals surface area contributed by atoms with Crippen LogP contribution in [0.5, 0.6) is 0 Å². The lowest BCUT2D eigenvalue weighted by atomic mass is 9.62. The highest BCUT2D eigenvalue weighted by Gasteiger charge is 2.56. The van der Waals surface area contributed by atoms with Crippen molar-refractivity contribution >= 4 is 24.5 Å². The lowest BCUT2D eigenvalue weighted by Gasteiger charge is -2.46. The molecule has 0 radical (unpaired) electrons. The van der Waals surface area contributed by atoms with Crippen LogP contribution in [-0.2, 0) is 21.7 Å². The van der Waals surface area contributed by atoms with Crippen molar-refractivity contribution < 1.29 is 0 Å². The fourth-order valence-corrected chi connectivity index (χ4v) is 17.2. The molecular formula is C50H54Si. The van der Waals surface area contributed by atoms with Gasteiger partial charge >= 0.3 is 0 Å². The Hall–Kier alpha value is -3.94. The van der Waals surface area contributed by atoms with Crippen LogP contribution in [-0.4, -0.2) is 8.07 Å². The Bertz CT molecular complexity index is 2090. The minimum atomic E-state index is -2.78. The van der Waals surface area contributed by atoms with E-state index < -0.39 is 8.07 Å². The molecule has 1 heteroatoms. The molecular weight excluding hydrogens is 629 g/mol. The smallest absolute Gasteiger partial charge is 0.0784 e. The van der Waals surface area contributed by atoms with E-state index in [4.69, 9.17) is 0 Å². The second kappa shape index (κ2) is 11.0. The van der Waals surface area contributed by atoms with Crippen molar-refractivity contribution in [3.63, 3.8) is 0 Å². The molecule has 0 aliphatic heterocycles. The topological polar surface area (TPSA) is 0 Å². The zero-order chi connectivity index (χ0) is 35.6. The second-order valence-corrected chi connectivity index (χ2v) is 23.1. The van der Waals surface area contributed by atoms with Gasteiger partial charge in [-0.3, -0.25) is 0 Å². The molecule has 4 aliphatic rings. The van der Waals surface area contributed by atoms with E-state index in [-0.39, 0.29) is 27.2 Å². The van der Waals surface area contributed by atoms with E-state index >= 15 is 0 Å². The van der Waals surface area contributed by atoms with Crippen molar-refractivity contribution in [3.05, 3.63) is 160 Å². The average molecular weight is 683 g/mol. The standard InChI is InChI=1S/C50H54Si/c1-47(2)25-27-49(5,6)43-31-39-37(29-41(43)47)38-30-42-44(50(7,8)28-26-48(42,3)4)32-40(38)46(39)51(34-18-11-9-12-19-34,35-20-13-10-14-21-35)45-24-23-33-17-15-16-22-36(33)45/h9-24,29-32,45-46H,25-28H2,1-8H3. The first-order valence-electron chi connectivity index (χ1n) is 19.5. The molecule has 0 heterocycles. The Morgan fingerprint density at radius 3 is 1.29 bits per heavy atom. The van der Waals surface area contributed by atoms with Gasteiger partial charge in [0.25, 0.3) is 0 Å². The van der Waals surface area contributed by atoms with Gasteiger partial charge in [0.2, 0.25) is 0 Å². The van der Waals surface area contributed by atoms with Crippen molar-refractivity contribution in [3.8, 4) is 11.1 Å². The number of hydrogen-bond acceptors (Lipinski definition) is 0. The molecule has 0 aromatic heterocycles. The summed E-state index contributed by atoms with van der Waals surface area (Å²) < 4.78 is 0. The van der Waals surface area contributed by atoms with E-state index in [0.29, 0.717) is 5.54 Å². The van der Waals surface area contributed by atoms with Crippen LogP contribution in [0.4, 0.5) is 0 Å². The molecule has 5 aromatic rings. The lowest BCUT2D eigenvalue weighted by Crippen LogP contribution is -2.66. The highest BCUT2D eigenvalue weighted by atomic mass is 28.3. The molecule has 1 atom stereocenters. The van der Waals surface area contributed by atoms with Crippen LogP contribution in [0.25, 0.3) is 17.2 Å². The van der Waals surface area contributed by atoms with Gasteiger partial charge in [-0.1, -0.05) is 187 Å². The van der Waals surface area contributed by atoms with Crippen LogP contribution in [0.15, 0.2) is 115 Å². The van der Waals surface area contributed by atoms with Gasteiger partial charge in [0.1, 0.15) is 8.07 Å². The third kappa shape index (κ3) is 4.69. The summed E-state index contributed by atoms with van der Waals surface area (Å²) >= 11 is 0. The predicted molar refractivity (Wildman–Crippen MR) is 220 cm³/mol. The largest absolute Gasteiger partial charge is 0.140 e. The third-order valence-corrected chi connectivity index (χ3v) is 19.8. The molecule has 1 unspecified atom stereocenters. The fraction of sp³-hybridized carbons (Fsp3) is 0.360. The Morgan fingerprint density at radius 1 is 0.451 bits per heavy atom. The molecule has 4 aliphatic carbocycles. The van der Waals surface area contributed by atoms with E-state index in [2.05, 4.69) is 177 Å². The van der Waals surface area contributed by atoms with Crippen LogP contribution in [0.3, 0.4) is 0 Å². The highest BCUT2D eigenvalue weighted by Crippen LogP contribution is 2.59. The minimum absolute atomic E-state index is 0.131. The first kappa shape index (κ1) is 32.9. The van der Waals surface area contributed by atoms with Gasteiger partial charge in [-0.15, -0.1) is 0 Å². The van der Waals surface area contributed by atoms with E-state index in [9.17, 15) is 0 Å². The first-order chi connectivity index (χ1) is 24.3. The Kier molecular flexibility index (Phi) is 7.12. The van der Waals surface area contributed by atoms with Gasteiger partial charge in [-0.25, -0.2) is 0 Å². The Labute approximate surface area is 308 Å². The lowest BCUT2D eigenvalue weighted by molar-refractivity contribution is 0.331. The molecule has 0 bridgehead atoms. The van der Waals surface area contributed by atoms with Crippen LogP contribution >= 0.6 is 0 Å². The van der Waals surface area contributed by atoms with Gasteiger partial charge in [0.15, 0.2) is 0 Å². The summed E-state index contributed by atoms with van der Waals surface area (Å²) in [5.41, 5.74) is 16.4. The molecule has 9 rings (SSSR count). The summed E-state index contributed by atoms with van der Waals surface area (Å²) in [5.74, 6) is 0. The number of hydrogen-bond donors (Lipinski definition) is 0. The molecule has 0 nitrogen and oxygen atoms in total. The van der Waals surface area contributed by atoms with Gasteiger partial charge in [-0.2, -0.15) is 0 Å². The van der Waals surface area contributed by atoms with Crippen molar-refractivity contribution in [2.24, 2.45) is 0 Å². The quantitative estimate of drug-likeness (QED) is 0.166. The SMILES string of the molecule is CC1(C)CCC(C)(C)c2cc3c(cc21)-c1cc2c(cc1C3[Si](c1ccccc1)(c1ccccc1)C1C=Cc3ccccc31)C(C)(C)CCC2(C)C. The normalized spacial score (nSPS) is 21.7. The predicted octanol–water partition coefficient (Wildman–Crippen LogP) is 11.6. The second-order valence-electron chi connectivity index (χ2n) is 19.0. The maximum absolute atomic E-state index is 2.78.